The molecule has 9 heavy (non-hydrogen) atoms. The monoisotopic (exact) mass is 129 g/mol. The predicted octanol–water partition coefficient (Wildman–Crippen LogP) is 0.367. The van der Waals surface area contributed by atoms with Crippen LogP contribution in [0.5, 0.6) is 0 Å². The highest BCUT2D eigenvalue weighted by Gasteiger charge is 2.15. The van der Waals surface area contributed by atoms with Crippen molar-refractivity contribution in [3.05, 3.63) is 0 Å². The van der Waals surface area contributed by atoms with E-state index in [2.05, 4.69) is 12.2 Å². The molecule has 0 radical (unpaired) electrons. The zero-order valence-electron chi connectivity index (χ0n) is 5.93. The summed E-state index contributed by atoms with van der Waals surface area (Å²) < 4.78 is 0. The van der Waals surface area contributed by atoms with Gasteiger partial charge in [-0.1, -0.05) is 6.92 Å². The van der Waals surface area contributed by atoms with Crippen LogP contribution in [-0.2, 0) is 0 Å². The van der Waals surface area contributed by atoms with Crippen molar-refractivity contribution in [2.75, 3.05) is 13.1 Å². The minimum absolute atomic E-state index is 0.0694. The predicted molar refractivity (Wildman–Crippen MR) is 37.3 cm³/mol. The van der Waals surface area contributed by atoms with Gasteiger partial charge in [0.05, 0.1) is 6.10 Å². The first-order chi connectivity index (χ1) is 4.30. The van der Waals surface area contributed by atoms with Crippen molar-refractivity contribution in [2.45, 2.75) is 25.9 Å². The van der Waals surface area contributed by atoms with Crippen LogP contribution in [0.1, 0.15) is 19.8 Å². The van der Waals surface area contributed by atoms with Gasteiger partial charge in [-0.3, -0.25) is 0 Å². The molecule has 1 aliphatic rings. The van der Waals surface area contributed by atoms with Crippen molar-refractivity contribution in [2.24, 2.45) is 5.92 Å². The van der Waals surface area contributed by atoms with E-state index in [0.717, 1.165) is 25.9 Å². The topological polar surface area (TPSA) is 32.3 Å². The average Bonchev–Trinajstić information content (AvgIpc) is 1.99. The van der Waals surface area contributed by atoms with Crippen molar-refractivity contribution in [3.63, 3.8) is 0 Å². The zero-order valence-corrected chi connectivity index (χ0v) is 5.93. The number of rotatable bonds is 0. The third kappa shape index (κ3) is 1.95. The van der Waals surface area contributed by atoms with Crippen LogP contribution in [0.25, 0.3) is 0 Å². The molecule has 0 aromatic heterocycles. The minimum atomic E-state index is -0.0694. The number of aliphatic hydroxyl groups excluding tert-OH is 1. The molecule has 0 spiro atoms. The molecule has 0 saturated carbocycles. The Bertz CT molecular complexity index is 75.0. The van der Waals surface area contributed by atoms with Gasteiger partial charge >= 0.3 is 0 Å². The second-order valence-corrected chi connectivity index (χ2v) is 2.87. The summed E-state index contributed by atoms with van der Waals surface area (Å²) in [6.07, 6.45) is 1.96. The Morgan fingerprint density at radius 2 is 2.00 bits per heavy atom. The molecular weight excluding hydrogens is 114 g/mol. The summed E-state index contributed by atoms with van der Waals surface area (Å²) in [6, 6.07) is 0. The molecule has 1 heterocycles. The fourth-order valence-corrected chi connectivity index (χ4v) is 1.18. The molecule has 1 saturated heterocycles. The van der Waals surface area contributed by atoms with Crippen LogP contribution in [-0.4, -0.2) is 24.3 Å². The molecule has 0 bridgehead atoms. The lowest BCUT2D eigenvalue weighted by molar-refractivity contribution is 0.114. The standard InChI is InChI=1S/C7H15NO/c1-6-2-4-8-5-3-7(6)9/h6-9H,2-5H2,1H3/t6-,7-/m0/s1. The maximum Gasteiger partial charge on any atom is 0.0578 e. The molecule has 1 rings (SSSR count). The Kier molecular flexibility index (Phi) is 2.49. The molecule has 1 aliphatic heterocycles. The summed E-state index contributed by atoms with van der Waals surface area (Å²) in [7, 11) is 0. The van der Waals surface area contributed by atoms with Crippen molar-refractivity contribution in [1.29, 1.82) is 0 Å². The Morgan fingerprint density at radius 3 is 2.78 bits per heavy atom. The number of hydrogen-bond acceptors (Lipinski definition) is 2. The zero-order chi connectivity index (χ0) is 6.69. The Balaban J connectivity index is 2.32. The first kappa shape index (κ1) is 7.03. The molecule has 2 nitrogen and oxygen atoms in total. The van der Waals surface area contributed by atoms with E-state index in [4.69, 9.17) is 0 Å². The summed E-state index contributed by atoms with van der Waals surface area (Å²) in [4.78, 5) is 0. The van der Waals surface area contributed by atoms with E-state index in [1.54, 1.807) is 0 Å². The van der Waals surface area contributed by atoms with Crippen LogP contribution in [0.3, 0.4) is 0 Å². The number of hydrogen-bond donors (Lipinski definition) is 2. The summed E-state index contributed by atoms with van der Waals surface area (Å²) >= 11 is 0. The second-order valence-electron chi connectivity index (χ2n) is 2.87. The molecule has 2 heteroatoms. The third-order valence-electron chi connectivity index (χ3n) is 2.05. The smallest absolute Gasteiger partial charge is 0.0578 e. The van der Waals surface area contributed by atoms with Crippen LogP contribution in [0.2, 0.25) is 0 Å². The first-order valence-electron chi connectivity index (χ1n) is 3.69. The summed E-state index contributed by atoms with van der Waals surface area (Å²) in [6.45, 7) is 4.15. The van der Waals surface area contributed by atoms with Crippen LogP contribution in [0, 0.1) is 5.92 Å². The average molecular weight is 129 g/mol. The largest absolute Gasteiger partial charge is 0.393 e. The lowest BCUT2D eigenvalue weighted by Crippen LogP contribution is -2.16. The van der Waals surface area contributed by atoms with E-state index in [-0.39, 0.29) is 6.10 Å². The van der Waals surface area contributed by atoms with Crippen molar-refractivity contribution >= 4 is 0 Å². The van der Waals surface area contributed by atoms with E-state index < -0.39 is 0 Å². The highest BCUT2D eigenvalue weighted by Crippen LogP contribution is 2.12. The van der Waals surface area contributed by atoms with E-state index in [9.17, 15) is 5.11 Å². The summed E-state index contributed by atoms with van der Waals surface area (Å²) in [5, 5.41) is 12.6. The molecule has 1 fully saturated rings. The quantitative estimate of drug-likeness (QED) is 0.495. The van der Waals surface area contributed by atoms with Gasteiger partial charge in [0.15, 0.2) is 0 Å². The fraction of sp³-hybridized carbons (Fsp3) is 1.00. The van der Waals surface area contributed by atoms with Gasteiger partial charge in [0.2, 0.25) is 0 Å². The van der Waals surface area contributed by atoms with Gasteiger partial charge in [-0.15, -0.1) is 0 Å². The molecule has 0 aromatic rings. The van der Waals surface area contributed by atoms with Gasteiger partial charge < -0.3 is 10.4 Å². The lowest BCUT2D eigenvalue weighted by Gasteiger charge is -2.12. The molecule has 0 amide bonds. The van der Waals surface area contributed by atoms with E-state index in [1.165, 1.54) is 0 Å². The second kappa shape index (κ2) is 3.18. The lowest BCUT2D eigenvalue weighted by atomic mass is 10.0. The van der Waals surface area contributed by atoms with Gasteiger partial charge in [0, 0.05) is 0 Å². The first-order valence-corrected chi connectivity index (χ1v) is 3.69. The van der Waals surface area contributed by atoms with Crippen LogP contribution < -0.4 is 5.32 Å². The Hall–Kier alpha value is -0.0800. The van der Waals surface area contributed by atoms with Crippen LogP contribution >= 0.6 is 0 Å². The molecule has 2 atom stereocenters. The molecule has 0 unspecified atom stereocenters. The van der Waals surface area contributed by atoms with Crippen LogP contribution in [0.4, 0.5) is 0 Å². The highest BCUT2D eigenvalue weighted by atomic mass is 16.3. The minimum Gasteiger partial charge on any atom is -0.393 e. The molecule has 0 aromatic carbocycles. The van der Waals surface area contributed by atoms with Crippen molar-refractivity contribution in [3.8, 4) is 0 Å². The van der Waals surface area contributed by atoms with Crippen LogP contribution in [0.15, 0.2) is 0 Å². The van der Waals surface area contributed by atoms with Gasteiger partial charge in [0.25, 0.3) is 0 Å². The van der Waals surface area contributed by atoms with E-state index in [1.807, 2.05) is 0 Å². The summed E-state index contributed by atoms with van der Waals surface area (Å²) in [5.41, 5.74) is 0. The van der Waals surface area contributed by atoms with E-state index in [0.29, 0.717) is 5.92 Å². The SMILES string of the molecule is C[C@H]1CCNCC[C@@H]1O. The third-order valence-corrected chi connectivity index (χ3v) is 2.05. The number of nitrogens with one attached hydrogen (secondary N) is 1. The maximum atomic E-state index is 9.32. The molecule has 2 N–H and O–H groups in total. The Labute approximate surface area is 56.3 Å². The van der Waals surface area contributed by atoms with Crippen molar-refractivity contribution < 1.29 is 5.11 Å². The normalized spacial score (nSPS) is 38.0. The Morgan fingerprint density at radius 1 is 1.33 bits per heavy atom. The highest BCUT2D eigenvalue weighted by molar-refractivity contribution is 4.70. The van der Waals surface area contributed by atoms with Crippen molar-refractivity contribution in [1.82, 2.24) is 5.32 Å². The van der Waals surface area contributed by atoms with E-state index >= 15 is 0 Å². The molecule has 0 aliphatic carbocycles. The number of aliphatic hydroxyl groups is 1. The summed E-state index contributed by atoms with van der Waals surface area (Å²) in [5.74, 6) is 0.486. The fourth-order valence-electron chi connectivity index (χ4n) is 1.18. The van der Waals surface area contributed by atoms with Gasteiger partial charge in [-0.2, -0.15) is 0 Å². The van der Waals surface area contributed by atoms with Gasteiger partial charge in [-0.25, -0.2) is 0 Å². The molecule has 54 valence electrons. The maximum absolute atomic E-state index is 9.32. The van der Waals surface area contributed by atoms with Gasteiger partial charge in [-0.05, 0) is 31.8 Å². The van der Waals surface area contributed by atoms with Gasteiger partial charge in [0.1, 0.15) is 0 Å². The molecular formula is C7H15NO.